The Morgan fingerprint density at radius 1 is 1.38 bits per heavy atom. The molecule has 3 atom stereocenters. The fourth-order valence-electron chi connectivity index (χ4n) is 2.62. The van der Waals surface area contributed by atoms with Gasteiger partial charge in [-0.05, 0) is 43.6 Å². The predicted octanol–water partition coefficient (Wildman–Crippen LogP) is 3.86. The number of ether oxygens (including phenoxy) is 1. The molecule has 2 bridgehead atoms. The number of hydrogen-bond acceptors (Lipinski definition) is 1. The molecule has 0 aromatic carbocycles. The Morgan fingerprint density at radius 2 is 2.25 bits per heavy atom. The Balaban J connectivity index is 1.72. The van der Waals surface area contributed by atoms with Crippen LogP contribution in [0.4, 0.5) is 0 Å². The summed E-state index contributed by atoms with van der Waals surface area (Å²) in [7, 11) is 0. The van der Waals surface area contributed by atoms with Crippen molar-refractivity contribution in [2.24, 2.45) is 17.8 Å². The van der Waals surface area contributed by atoms with Crippen molar-refractivity contribution in [1.29, 1.82) is 0 Å². The van der Waals surface area contributed by atoms with Gasteiger partial charge in [0, 0.05) is 0 Å². The molecule has 0 radical (unpaired) electrons. The van der Waals surface area contributed by atoms with Gasteiger partial charge in [0.25, 0.3) is 0 Å². The first-order valence-electron chi connectivity index (χ1n) is 6.09. The van der Waals surface area contributed by atoms with Crippen LogP contribution in [0.3, 0.4) is 0 Å². The smallest absolute Gasteiger partial charge is 0.112 e. The Morgan fingerprint density at radius 3 is 2.88 bits per heavy atom. The third kappa shape index (κ3) is 2.66. The van der Waals surface area contributed by atoms with Crippen LogP contribution in [0.2, 0.25) is 0 Å². The molecule has 1 heteroatoms. The van der Waals surface area contributed by atoms with Gasteiger partial charge in [0.05, 0.1) is 6.61 Å². The molecular weight excluding hydrogens is 196 g/mol. The summed E-state index contributed by atoms with van der Waals surface area (Å²) in [4.78, 5) is 0. The molecule has 1 saturated carbocycles. The van der Waals surface area contributed by atoms with Crippen molar-refractivity contribution in [3.63, 3.8) is 0 Å². The van der Waals surface area contributed by atoms with Gasteiger partial charge >= 0.3 is 0 Å². The summed E-state index contributed by atoms with van der Waals surface area (Å²) in [5.74, 6) is 3.06. The van der Waals surface area contributed by atoms with Crippen LogP contribution in [0, 0.1) is 17.8 Å². The van der Waals surface area contributed by atoms with Crippen LogP contribution < -0.4 is 0 Å². The Kier molecular flexibility index (Phi) is 3.66. The van der Waals surface area contributed by atoms with E-state index in [0.29, 0.717) is 5.92 Å². The molecule has 2 rings (SSSR count). The van der Waals surface area contributed by atoms with E-state index in [4.69, 9.17) is 4.74 Å². The third-order valence-corrected chi connectivity index (χ3v) is 3.48. The van der Waals surface area contributed by atoms with E-state index in [0.717, 1.165) is 24.2 Å². The zero-order chi connectivity index (χ0) is 11.4. The quantitative estimate of drug-likeness (QED) is 0.385. The summed E-state index contributed by atoms with van der Waals surface area (Å²) in [5, 5.41) is 0. The summed E-state index contributed by atoms with van der Waals surface area (Å²) >= 11 is 0. The number of hydrogen-bond donors (Lipinski definition) is 0. The number of allylic oxidation sites excluding steroid dienone is 6. The van der Waals surface area contributed by atoms with Gasteiger partial charge < -0.3 is 4.74 Å². The first-order chi connectivity index (χ1) is 7.79. The lowest BCUT2D eigenvalue weighted by atomic mass is 9.95. The highest BCUT2D eigenvalue weighted by molar-refractivity contribution is 5.14. The fraction of sp³-hybridized carbons (Fsp3) is 0.467. The summed E-state index contributed by atoms with van der Waals surface area (Å²) in [6.45, 7) is 6.71. The largest absolute Gasteiger partial charge is 0.494 e. The van der Waals surface area contributed by atoms with Gasteiger partial charge in [0.2, 0.25) is 0 Å². The van der Waals surface area contributed by atoms with E-state index >= 15 is 0 Å². The van der Waals surface area contributed by atoms with E-state index in [-0.39, 0.29) is 0 Å². The molecule has 3 unspecified atom stereocenters. The summed E-state index contributed by atoms with van der Waals surface area (Å²) in [5.41, 5.74) is 0. The van der Waals surface area contributed by atoms with E-state index in [1.807, 2.05) is 31.2 Å². The SMILES string of the molecule is C=C(/C=C\C=C/C)OCC1CC2C=CC1C2. The van der Waals surface area contributed by atoms with Crippen LogP contribution >= 0.6 is 0 Å². The highest BCUT2D eigenvalue weighted by atomic mass is 16.5. The zero-order valence-electron chi connectivity index (χ0n) is 9.93. The summed E-state index contributed by atoms with van der Waals surface area (Å²) in [6, 6.07) is 0. The minimum Gasteiger partial charge on any atom is -0.494 e. The van der Waals surface area contributed by atoms with Crippen molar-refractivity contribution in [1.82, 2.24) is 0 Å². The minimum absolute atomic E-state index is 0.710. The topological polar surface area (TPSA) is 9.23 Å². The van der Waals surface area contributed by atoms with E-state index in [1.165, 1.54) is 12.8 Å². The average molecular weight is 216 g/mol. The Hall–Kier alpha value is -1.24. The molecule has 0 aromatic rings. The number of rotatable bonds is 5. The molecule has 16 heavy (non-hydrogen) atoms. The molecule has 1 nitrogen and oxygen atoms in total. The van der Waals surface area contributed by atoms with E-state index < -0.39 is 0 Å². The van der Waals surface area contributed by atoms with Crippen molar-refractivity contribution in [3.05, 3.63) is 48.8 Å². The highest BCUT2D eigenvalue weighted by Gasteiger charge is 2.35. The molecule has 2 aliphatic carbocycles. The maximum Gasteiger partial charge on any atom is 0.112 e. The van der Waals surface area contributed by atoms with Gasteiger partial charge in [-0.3, -0.25) is 0 Å². The molecule has 2 aliphatic rings. The molecule has 0 aromatic heterocycles. The second-order valence-electron chi connectivity index (χ2n) is 4.70. The van der Waals surface area contributed by atoms with E-state index in [2.05, 4.69) is 18.7 Å². The zero-order valence-corrected chi connectivity index (χ0v) is 9.93. The van der Waals surface area contributed by atoms with Crippen molar-refractivity contribution < 1.29 is 4.74 Å². The van der Waals surface area contributed by atoms with E-state index in [1.54, 1.807) is 0 Å². The highest BCUT2D eigenvalue weighted by Crippen LogP contribution is 2.43. The number of fused-ring (bicyclic) bond motifs is 2. The molecule has 0 heterocycles. The fourth-order valence-corrected chi connectivity index (χ4v) is 2.62. The van der Waals surface area contributed by atoms with Gasteiger partial charge in [0.1, 0.15) is 5.76 Å². The van der Waals surface area contributed by atoms with Crippen molar-refractivity contribution in [3.8, 4) is 0 Å². The maximum atomic E-state index is 5.68. The second kappa shape index (κ2) is 5.20. The Bertz CT molecular complexity index is 335. The van der Waals surface area contributed by atoms with Crippen molar-refractivity contribution >= 4 is 0 Å². The molecule has 0 amide bonds. The van der Waals surface area contributed by atoms with Crippen LogP contribution in [-0.4, -0.2) is 6.61 Å². The van der Waals surface area contributed by atoms with E-state index in [9.17, 15) is 0 Å². The molecular formula is C15H20O. The van der Waals surface area contributed by atoms with Gasteiger partial charge in [0.15, 0.2) is 0 Å². The van der Waals surface area contributed by atoms with Crippen LogP contribution in [0.25, 0.3) is 0 Å². The summed E-state index contributed by atoms with van der Waals surface area (Å²) < 4.78 is 5.68. The van der Waals surface area contributed by atoms with Crippen LogP contribution in [0.5, 0.6) is 0 Å². The third-order valence-electron chi connectivity index (χ3n) is 3.48. The van der Waals surface area contributed by atoms with Crippen LogP contribution in [-0.2, 0) is 4.74 Å². The molecule has 0 spiro atoms. The van der Waals surface area contributed by atoms with Gasteiger partial charge in [-0.25, -0.2) is 0 Å². The lowest BCUT2D eigenvalue weighted by molar-refractivity contribution is 0.161. The van der Waals surface area contributed by atoms with Crippen LogP contribution in [0.15, 0.2) is 48.8 Å². The molecule has 86 valence electrons. The minimum atomic E-state index is 0.710. The molecule has 0 aliphatic heterocycles. The second-order valence-corrected chi connectivity index (χ2v) is 4.70. The predicted molar refractivity (Wildman–Crippen MR) is 67.9 cm³/mol. The van der Waals surface area contributed by atoms with Crippen LogP contribution in [0.1, 0.15) is 19.8 Å². The standard InChI is InChI=1S/C15H20O/c1-3-4-5-6-12(2)16-11-15-10-13-7-8-14(15)9-13/h3-8,13-15H,2,9-11H2,1H3/b4-3-,6-5-. The monoisotopic (exact) mass is 216 g/mol. The van der Waals surface area contributed by atoms with Gasteiger partial charge in [-0.1, -0.05) is 37.0 Å². The first-order valence-corrected chi connectivity index (χ1v) is 6.09. The lowest BCUT2D eigenvalue weighted by Crippen LogP contribution is -2.13. The van der Waals surface area contributed by atoms with Gasteiger partial charge in [-0.15, -0.1) is 0 Å². The maximum absolute atomic E-state index is 5.68. The van der Waals surface area contributed by atoms with Crippen molar-refractivity contribution in [2.75, 3.05) is 6.61 Å². The Labute approximate surface area is 98.2 Å². The van der Waals surface area contributed by atoms with Crippen molar-refractivity contribution in [2.45, 2.75) is 19.8 Å². The first kappa shape index (κ1) is 11.3. The molecule has 0 saturated heterocycles. The van der Waals surface area contributed by atoms with Gasteiger partial charge in [-0.2, -0.15) is 0 Å². The molecule has 1 fully saturated rings. The average Bonchev–Trinajstić information content (AvgIpc) is 2.88. The lowest BCUT2D eigenvalue weighted by Gasteiger charge is -2.18. The molecule has 0 N–H and O–H groups in total. The normalized spacial score (nSPS) is 31.9. The summed E-state index contributed by atoms with van der Waals surface area (Å²) in [6.07, 6.45) is 15.2.